The third-order valence-corrected chi connectivity index (χ3v) is 13.2. The van der Waals surface area contributed by atoms with Crippen molar-refractivity contribution >= 4 is 12.0 Å². The molecule has 0 aromatic heterocycles. The maximum Gasteiger partial charge on any atom is -1.00 e. The summed E-state index contributed by atoms with van der Waals surface area (Å²) in [6.45, 7) is 9.74. The Morgan fingerprint density at radius 1 is 0.960 bits per heavy atom. The van der Waals surface area contributed by atoms with Crippen molar-refractivity contribution in [2.75, 3.05) is 0 Å². The van der Waals surface area contributed by atoms with Crippen LogP contribution < -0.4 is 24.8 Å². The van der Waals surface area contributed by atoms with Crippen LogP contribution in [-0.4, -0.2) is 5.92 Å². The van der Waals surface area contributed by atoms with E-state index in [1.807, 2.05) is 0 Å². The third-order valence-electron chi connectivity index (χ3n) is 4.31. The molecule has 25 heavy (non-hydrogen) atoms. The van der Waals surface area contributed by atoms with Gasteiger partial charge in [-0.2, -0.15) is 0 Å². The van der Waals surface area contributed by atoms with Gasteiger partial charge in [0.1, 0.15) is 0 Å². The number of hydrogen-bond donors (Lipinski definition) is 0. The van der Waals surface area contributed by atoms with Gasteiger partial charge in [0, 0.05) is 0 Å². The van der Waals surface area contributed by atoms with E-state index in [2.05, 4.69) is 81.5 Å². The van der Waals surface area contributed by atoms with Crippen molar-refractivity contribution in [2.24, 2.45) is 5.92 Å². The molecule has 0 nitrogen and oxygen atoms in total. The molecule has 0 spiro atoms. The standard InChI is InChI=1S/C19H19.C2H6Si.2ClH.Zr/c1-14(2)11-15-12-17-9-6-10-18(19(17)13-15)16-7-4-3-5-8-16;1-3-2;;;/h3-10,12-14H,11H2,1-2H3;1-2H3;2*1H;/q;;;;+2/p-2. The smallest absolute Gasteiger partial charge is 1.00 e. The SMILES string of the molecule is CC(C)CC1=Cc2c(-c3ccccc3)cccc2[CH]1[Zr+2][Si](C)C.[Cl-].[Cl-]. The zero-order chi connectivity index (χ0) is 16.4. The van der Waals surface area contributed by atoms with Crippen molar-refractivity contribution < 1.29 is 47.2 Å². The first-order valence-corrected chi connectivity index (χ1v) is 16.1. The number of halogens is 2. The van der Waals surface area contributed by atoms with Gasteiger partial charge in [-0.1, -0.05) is 0 Å². The summed E-state index contributed by atoms with van der Waals surface area (Å²) in [5.74, 6) is 0.677. The molecule has 3 rings (SSSR count). The van der Waals surface area contributed by atoms with Crippen molar-refractivity contribution in [1.82, 2.24) is 0 Å². The molecule has 2 aromatic carbocycles. The van der Waals surface area contributed by atoms with Crippen LogP contribution in [0, 0.1) is 5.92 Å². The Balaban J connectivity index is 0.00000156. The fraction of sp³-hybridized carbons (Fsp3) is 0.333. The van der Waals surface area contributed by atoms with Crippen molar-refractivity contribution in [2.45, 2.75) is 37.0 Å². The summed E-state index contributed by atoms with van der Waals surface area (Å²) in [5, 5.41) is 0. The van der Waals surface area contributed by atoms with E-state index in [0.717, 1.165) is 9.54 Å². The number of fused-ring (bicyclic) bond motifs is 1. The van der Waals surface area contributed by atoms with Crippen LogP contribution in [0.2, 0.25) is 13.1 Å². The second kappa shape index (κ2) is 10.3. The first-order valence-electron chi connectivity index (χ1n) is 8.51. The van der Waals surface area contributed by atoms with E-state index in [0.29, 0.717) is 0 Å². The van der Waals surface area contributed by atoms with Crippen LogP contribution in [0.1, 0.15) is 35.0 Å². The van der Waals surface area contributed by atoms with Gasteiger partial charge in [0.15, 0.2) is 0 Å². The summed E-state index contributed by atoms with van der Waals surface area (Å²) in [6, 6.07) is 17.9. The molecular weight excluding hydrogens is 442 g/mol. The molecule has 1 atom stereocenters. The van der Waals surface area contributed by atoms with Gasteiger partial charge in [0.2, 0.25) is 0 Å². The van der Waals surface area contributed by atoms with Crippen LogP contribution in [0.3, 0.4) is 0 Å². The number of hydrogen-bond acceptors (Lipinski definition) is 0. The van der Waals surface area contributed by atoms with Gasteiger partial charge in [0.25, 0.3) is 0 Å². The Hall–Kier alpha value is -0.140. The van der Waals surface area contributed by atoms with Crippen molar-refractivity contribution in [3.05, 3.63) is 65.2 Å². The average molecular weight is 468 g/mol. The Labute approximate surface area is 177 Å². The van der Waals surface area contributed by atoms with Gasteiger partial charge < -0.3 is 24.8 Å². The minimum Gasteiger partial charge on any atom is -1.00 e. The summed E-state index contributed by atoms with van der Waals surface area (Å²) in [7, 11) is 0. The summed E-state index contributed by atoms with van der Waals surface area (Å²) in [6.07, 6.45) is 3.82. The predicted molar refractivity (Wildman–Crippen MR) is 99.5 cm³/mol. The molecule has 0 saturated carbocycles. The average Bonchev–Trinajstić information content (AvgIpc) is 2.84. The fourth-order valence-electron chi connectivity index (χ4n) is 3.44. The van der Waals surface area contributed by atoms with Gasteiger partial charge in [-0.25, -0.2) is 0 Å². The van der Waals surface area contributed by atoms with E-state index in [9.17, 15) is 0 Å². The quantitative estimate of drug-likeness (QED) is 0.551. The summed E-state index contributed by atoms with van der Waals surface area (Å²) in [5.41, 5.74) is 7.67. The molecule has 0 saturated heterocycles. The zero-order valence-corrected chi connectivity index (χ0v) is 20.3. The van der Waals surface area contributed by atoms with Gasteiger partial charge in [0.05, 0.1) is 0 Å². The molecule has 1 unspecified atom stereocenters. The van der Waals surface area contributed by atoms with Crippen LogP contribution >= 0.6 is 0 Å². The molecule has 0 bridgehead atoms. The normalized spacial score (nSPS) is 15.1. The minimum absolute atomic E-state index is 0. The molecule has 2 aromatic rings. The van der Waals surface area contributed by atoms with Crippen molar-refractivity contribution in [3.63, 3.8) is 0 Å². The van der Waals surface area contributed by atoms with Crippen LogP contribution in [0.4, 0.5) is 0 Å². The molecule has 131 valence electrons. The van der Waals surface area contributed by atoms with Gasteiger partial charge in [-0.15, -0.1) is 0 Å². The zero-order valence-electron chi connectivity index (χ0n) is 15.3. The summed E-state index contributed by atoms with van der Waals surface area (Å²) < 4.78 is 0.823. The van der Waals surface area contributed by atoms with Crippen LogP contribution in [0.15, 0.2) is 54.1 Å². The first kappa shape index (κ1) is 22.9. The molecule has 4 heteroatoms. The van der Waals surface area contributed by atoms with Crippen molar-refractivity contribution in [1.29, 1.82) is 0 Å². The summed E-state index contributed by atoms with van der Waals surface area (Å²) in [4.78, 5) is 0. The number of rotatable bonds is 5. The van der Waals surface area contributed by atoms with Crippen molar-refractivity contribution in [3.8, 4) is 11.1 Å². The van der Waals surface area contributed by atoms with E-state index < -0.39 is 0 Å². The first-order chi connectivity index (χ1) is 11.1. The van der Waals surface area contributed by atoms with Gasteiger partial charge in [-0.05, 0) is 0 Å². The molecule has 0 amide bonds. The molecule has 0 N–H and O–H groups in total. The van der Waals surface area contributed by atoms with E-state index in [1.165, 1.54) is 23.1 Å². The Morgan fingerprint density at radius 2 is 1.64 bits per heavy atom. The second-order valence-corrected chi connectivity index (χ2v) is 20.3. The van der Waals surface area contributed by atoms with E-state index in [1.54, 1.807) is 11.1 Å². The van der Waals surface area contributed by atoms with Crippen LogP contribution in [0.5, 0.6) is 0 Å². The van der Waals surface area contributed by atoms with Crippen LogP contribution in [-0.2, 0) is 22.4 Å². The Morgan fingerprint density at radius 3 is 2.24 bits per heavy atom. The maximum absolute atomic E-state index is 2.55. The molecule has 0 fully saturated rings. The third kappa shape index (κ3) is 5.42. The Kier molecular flexibility index (Phi) is 9.40. The minimum atomic E-state index is -0.351. The monoisotopic (exact) mass is 465 g/mol. The van der Waals surface area contributed by atoms with Gasteiger partial charge in [-0.3, -0.25) is 0 Å². The number of benzene rings is 2. The fourth-order valence-corrected chi connectivity index (χ4v) is 12.2. The molecule has 1 radical (unpaired) electrons. The molecule has 0 heterocycles. The van der Waals surface area contributed by atoms with E-state index in [-0.39, 0.29) is 53.1 Å². The summed E-state index contributed by atoms with van der Waals surface area (Å²) >= 11 is -0.351. The number of allylic oxidation sites excluding steroid dienone is 1. The molecule has 1 aliphatic carbocycles. The molecule has 0 aliphatic heterocycles. The van der Waals surface area contributed by atoms with E-state index in [4.69, 9.17) is 0 Å². The maximum atomic E-state index is 2.55. The second-order valence-electron chi connectivity index (χ2n) is 7.07. The van der Waals surface area contributed by atoms with Crippen LogP contribution in [0.25, 0.3) is 17.2 Å². The predicted octanol–water partition coefficient (Wildman–Crippen LogP) is 0.179. The Bertz CT molecular complexity index is 711. The van der Waals surface area contributed by atoms with E-state index >= 15 is 0 Å². The largest absolute Gasteiger partial charge is 1.00 e. The topological polar surface area (TPSA) is 0 Å². The van der Waals surface area contributed by atoms with Gasteiger partial charge >= 0.3 is 154 Å². The molecular formula is C21H25Cl2SiZr. The molecule has 1 aliphatic rings.